The van der Waals surface area contributed by atoms with E-state index in [9.17, 15) is 4.79 Å². The molecule has 3 aromatic carbocycles. The minimum atomic E-state index is -0.00479. The zero-order valence-corrected chi connectivity index (χ0v) is 18.2. The topological polar surface area (TPSA) is 54.4 Å². The Kier molecular flexibility index (Phi) is 5.27. The number of hydrogen-bond donors (Lipinski definition) is 0. The van der Waals surface area contributed by atoms with Gasteiger partial charge < -0.3 is 19.3 Å². The van der Waals surface area contributed by atoms with E-state index < -0.39 is 0 Å². The van der Waals surface area contributed by atoms with Gasteiger partial charge in [-0.15, -0.1) is 0 Å². The van der Waals surface area contributed by atoms with Crippen LogP contribution in [0.5, 0.6) is 17.2 Å². The van der Waals surface area contributed by atoms with Crippen molar-refractivity contribution in [2.24, 2.45) is 4.99 Å². The van der Waals surface area contributed by atoms with Crippen LogP contribution < -0.4 is 9.47 Å². The molecule has 1 fully saturated rings. The van der Waals surface area contributed by atoms with Crippen molar-refractivity contribution in [3.05, 3.63) is 83.4 Å². The van der Waals surface area contributed by atoms with Crippen LogP contribution in [0.1, 0.15) is 21.5 Å². The van der Waals surface area contributed by atoms with Crippen molar-refractivity contribution in [3.63, 3.8) is 0 Å². The number of aliphatic imine (C=N–C) groups is 1. The second-order valence-electron chi connectivity index (χ2n) is 7.98. The molecule has 3 aromatic rings. The van der Waals surface area contributed by atoms with Crippen molar-refractivity contribution < 1.29 is 14.3 Å². The minimum absolute atomic E-state index is 0.00479. The van der Waals surface area contributed by atoms with Gasteiger partial charge in [0, 0.05) is 26.2 Å². The number of rotatable bonds is 2. The molecule has 0 aliphatic carbocycles. The SMILES string of the molecule is COc1ccccc1C(=O)N1CCN(C2=Nc3ccccc3Oc3ccc(C)cc32)CC1. The molecule has 0 atom stereocenters. The summed E-state index contributed by atoms with van der Waals surface area (Å²) in [5, 5.41) is 0. The third-order valence-electron chi connectivity index (χ3n) is 5.89. The first-order chi connectivity index (χ1) is 15.6. The maximum absolute atomic E-state index is 13.1. The molecule has 0 aromatic heterocycles. The first kappa shape index (κ1) is 20.1. The number of ether oxygens (including phenoxy) is 2. The van der Waals surface area contributed by atoms with Gasteiger partial charge >= 0.3 is 0 Å². The summed E-state index contributed by atoms with van der Waals surface area (Å²) in [7, 11) is 1.59. The van der Waals surface area contributed by atoms with Crippen LogP contribution in [0, 0.1) is 6.92 Å². The van der Waals surface area contributed by atoms with Gasteiger partial charge in [-0.2, -0.15) is 0 Å². The minimum Gasteiger partial charge on any atom is -0.496 e. The van der Waals surface area contributed by atoms with Crippen LogP contribution in [-0.4, -0.2) is 54.8 Å². The normalized spacial score (nSPS) is 15.1. The van der Waals surface area contributed by atoms with E-state index >= 15 is 0 Å². The third kappa shape index (κ3) is 3.68. The molecule has 6 nitrogen and oxygen atoms in total. The Labute approximate surface area is 187 Å². The van der Waals surface area contributed by atoms with E-state index in [1.165, 1.54) is 0 Å². The first-order valence-corrected chi connectivity index (χ1v) is 10.8. The number of benzene rings is 3. The third-order valence-corrected chi connectivity index (χ3v) is 5.89. The second-order valence-corrected chi connectivity index (χ2v) is 7.98. The van der Waals surface area contributed by atoms with Crippen molar-refractivity contribution in [1.29, 1.82) is 0 Å². The molecular formula is C26H25N3O3. The number of aryl methyl sites for hydroxylation is 1. The first-order valence-electron chi connectivity index (χ1n) is 10.8. The molecule has 0 N–H and O–H groups in total. The van der Waals surface area contributed by atoms with Gasteiger partial charge in [-0.25, -0.2) is 4.99 Å². The average molecular weight is 428 g/mol. The van der Waals surface area contributed by atoms with Gasteiger partial charge in [0.25, 0.3) is 5.91 Å². The van der Waals surface area contributed by atoms with E-state index in [-0.39, 0.29) is 5.91 Å². The summed E-state index contributed by atoms with van der Waals surface area (Å²) >= 11 is 0. The van der Waals surface area contributed by atoms with E-state index in [1.54, 1.807) is 7.11 Å². The lowest BCUT2D eigenvalue weighted by molar-refractivity contribution is 0.0689. The smallest absolute Gasteiger partial charge is 0.257 e. The Morgan fingerprint density at radius 3 is 2.50 bits per heavy atom. The molecular weight excluding hydrogens is 402 g/mol. The molecule has 2 heterocycles. The number of amides is 1. The molecule has 6 heteroatoms. The standard InChI is InChI=1S/C26H25N3O3/c1-18-11-12-23-20(17-18)25(27-21-8-4-6-10-24(21)32-23)28-13-15-29(16-14-28)26(30)19-7-3-5-9-22(19)31-2/h3-12,17H,13-16H2,1-2H3. The number of fused-ring (bicyclic) bond motifs is 2. The second kappa shape index (κ2) is 8.38. The van der Waals surface area contributed by atoms with E-state index in [1.807, 2.05) is 65.6 Å². The van der Waals surface area contributed by atoms with Crippen molar-refractivity contribution in [3.8, 4) is 17.2 Å². The zero-order valence-electron chi connectivity index (χ0n) is 18.2. The Bertz CT molecular complexity index is 1200. The van der Waals surface area contributed by atoms with Gasteiger partial charge in [0.2, 0.25) is 0 Å². The summed E-state index contributed by atoms with van der Waals surface area (Å²) in [6.07, 6.45) is 0. The van der Waals surface area contributed by atoms with Crippen LogP contribution in [-0.2, 0) is 0 Å². The molecule has 32 heavy (non-hydrogen) atoms. The number of para-hydroxylation sites is 3. The van der Waals surface area contributed by atoms with Crippen LogP contribution in [0.3, 0.4) is 0 Å². The Morgan fingerprint density at radius 1 is 0.938 bits per heavy atom. The molecule has 2 aliphatic rings. The summed E-state index contributed by atoms with van der Waals surface area (Å²) < 4.78 is 11.6. The molecule has 162 valence electrons. The molecule has 0 saturated carbocycles. The fraction of sp³-hybridized carbons (Fsp3) is 0.231. The number of hydrogen-bond acceptors (Lipinski definition) is 5. The van der Waals surface area contributed by atoms with Crippen molar-refractivity contribution in [1.82, 2.24) is 9.80 Å². The lowest BCUT2D eigenvalue weighted by Crippen LogP contribution is -2.50. The van der Waals surface area contributed by atoms with E-state index in [4.69, 9.17) is 14.5 Å². The highest BCUT2D eigenvalue weighted by atomic mass is 16.5. The van der Waals surface area contributed by atoms with Crippen LogP contribution >= 0.6 is 0 Å². The number of nitrogens with zero attached hydrogens (tertiary/aromatic N) is 3. The highest BCUT2D eigenvalue weighted by Crippen LogP contribution is 2.38. The summed E-state index contributed by atoms with van der Waals surface area (Å²) in [5.74, 6) is 3.03. The van der Waals surface area contributed by atoms with Crippen molar-refractivity contribution in [2.45, 2.75) is 6.92 Å². The van der Waals surface area contributed by atoms with Gasteiger partial charge in [-0.3, -0.25) is 4.79 Å². The highest BCUT2D eigenvalue weighted by molar-refractivity contribution is 6.04. The molecule has 2 aliphatic heterocycles. The Morgan fingerprint density at radius 2 is 1.69 bits per heavy atom. The number of methoxy groups -OCH3 is 1. The fourth-order valence-corrected chi connectivity index (χ4v) is 4.19. The van der Waals surface area contributed by atoms with Crippen LogP contribution in [0.4, 0.5) is 5.69 Å². The number of carbonyl (C=O) groups is 1. The maximum atomic E-state index is 13.1. The summed E-state index contributed by atoms with van der Waals surface area (Å²) in [5.41, 5.74) is 3.53. The molecule has 0 unspecified atom stereocenters. The number of amidine groups is 1. The van der Waals surface area contributed by atoms with Gasteiger partial charge in [0.15, 0.2) is 5.75 Å². The quantitative estimate of drug-likeness (QED) is 0.598. The van der Waals surface area contributed by atoms with Gasteiger partial charge in [-0.05, 0) is 43.3 Å². The van der Waals surface area contributed by atoms with E-state index in [2.05, 4.69) is 17.9 Å². The van der Waals surface area contributed by atoms with Crippen molar-refractivity contribution >= 4 is 17.4 Å². The van der Waals surface area contributed by atoms with Crippen LogP contribution in [0.25, 0.3) is 0 Å². The average Bonchev–Trinajstić information content (AvgIpc) is 3.00. The summed E-state index contributed by atoms with van der Waals surface area (Å²) in [4.78, 5) is 22.2. The number of carbonyl (C=O) groups excluding carboxylic acids is 1. The van der Waals surface area contributed by atoms with Crippen molar-refractivity contribution in [2.75, 3.05) is 33.3 Å². The Balaban J connectivity index is 1.42. The predicted molar refractivity (Wildman–Crippen MR) is 124 cm³/mol. The molecule has 0 spiro atoms. The molecule has 0 radical (unpaired) electrons. The lowest BCUT2D eigenvalue weighted by atomic mass is 10.1. The summed E-state index contributed by atoms with van der Waals surface area (Å²) in [6.45, 7) is 4.67. The monoisotopic (exact) mass is 427 g/mol. The Hall–Kier alpha value is -3.80. The molecule has 0 bridgehead atoms. The summed E-state index contributed by atoms with van der Waals surface area (Å²) in [6, 6.07) is 21.4. The molecule has 1 saturated heterocycles. The molecule has 5 rings (SSSR count). The van der Waals surface area contributed by atoms with Gasteiger partial charge in [0.05, 0.1) is 18.2 Å². The zero-order chi connectivity index (χ0) is 22.1. The number of piperazine rings is 1. The van der Waals surface area contributed by atoms with Crippen LogP contribution in [0.2, 0.25) is 0 Å². The molecule has 1 amide bonds. The van der Waals surface area contributed by atoms with E-state index in [0.29, 0.717) is 37.5 Å². The fourth-order valence-electron chi connectivity index (χ4n) is 4.19. The van der Waals surface area contributed by atoms with Gasteiger partial charge in [-0.1, -0.05) is 35.9 Å². The highest BCUT2D eigenvalue weighted by Gasteiger charge is 2.28. The van der Waals surface area contributed by atoms with Gasteiger partial charge in [0.1, 0.15) is 23.0 Å². The maximum Gasteiger partial charge on any atom is 0.257 e. The van der Waals surface area contributed by atoms with Crippen LogP contribution in [0.15, 0.2) is 71.7 Å². The lowest BCUT2D eigenvalue weighted by Gasteiger charge is -2.36. The van der Waals surface area contributed by atoms with E-state index in [0.717, 1.165) is 34.1 Å². The predicted octanol–water partition coefficient (Wildman–Crippen LogP) is 4.65. The largest absolute Gasteiger partial charge is 0.496 e.